The topological polar surface area (TPSA) is 108 Å². The number of fused-ring (bicyclic) bond motifs is 1. The van der Waals surface area contributed by atoms with Gasteiger partial charge in [0.15, 0.2) is 0 Å². The zero-order valence-corrected chi connectivity index (χ0v) is 17.7. The molecule has 4 aliphatic rings. The molecule has 2 aliphatic heterocycles. The molecule has 2 saturated heterocycles. The van der Waals surface area contributed by atoms with Crippen molar-refractivity contribution in [1.82, 2.24) is 20.9 Å². The van der Waals surface area contributed by atoms with Crippen LogP contribution in [0.1, 0.15) is 64.2 Å². The summed E-state index contributed by atoms with van der Waals surface area (Å²) in [5.74, 6) is 0.549. The van der Waals surface area contributed by atoms with Crippen LogP contribution in [0.4, 0.5) is 4.79 Å². The molecule has 30 heavy (non-hydrogen) atoms. The van der Waals surface area contributed by atoms with Crippen LogP contribution in [-0.4, -0.2) is 54.3 Å². The molecule has 8 nitrogen and oxygen atoms in total. The van der Waals surface area contributed by atoms with Gasteiger partial charge in [-0.25, -0.2) is 4.79 Å². The molecule has 0 aromatic carbocycles. The lowest BCUT2D eigenvalue weighted by molar-refractivity contribution is -0.144. The van der Waals surface area contributed by atoms with Gasteiger partial charge in [0.1, 0.15) is 6.04 Å². The largest absolute Gasteiger partial charge is 0.338 e. The van der Waals surface area contributed by atoms with E-state index in [-0.39, 0.29) is 47.9 Å². The number of hydrogen-bond acceptors (Lipinski definition) is 4. The molecule has 4 rings (SSSR count). The highest BCUT2D eigenvalue weighted by Crippen LogP contribution is 2.41. The van der Waals surface area contributed by atoms with E-state index in [1.165, 1.54) is 32.1 Å². The molecule has 166 valence electrons. The third-order valence-corrected chi connectivity index (χ3v) is 7.55. The zero-order valence-electron chi connectivity index (χ0n) is 17.7. The van der Waals surface area contributed by atoms with Gasteiger partial charge in [-0.15, -0.1) is 0 Å². The molecule has 0 spiro atoms. The van der Waals surface area contributed by atoms with Crippen LogP contribution in [0.5, 0.6) is 0 Å². The van der Waals surface area contributed by atoms with Crippen molar-refractivity contribution in [2.75, 3.05) is 19.6 Å². The van der Waals surface area contributed by atoms with Gasteiger partial charge in [0.25, 0.3) is 0 Å². The monoisotopic (exact) mass is 418 g/mol. The quantitative estimate of drug-likeness (QED) is 0.589. The van der Waals surface area contributed by atoms with E-state index in [1.54, 1.807) is 4.90 Å². The SMILES string of the molecule is O=C1CCC(N2CC3CCC(CNC(=O)NCC4CCCCC4)CC3C2=O)C(=O)N1. The number of piperidine rings is 1. The number of imide groups is 1. The first kappa shape index (κ1) is 21.1. The first-order valence-electron chi connectivity index (χ1n) is 11.7. The second-order valence-corrected chi connectivity index (χ2v) is 9.60. The number of hydrogen-bond donors (Lipinski definition) is 3. The Labute approximate surface area is 177 Å². The molecular formula is C22H34N4O4. The van der Waals surface area contributed by atoms with Gasteiger partial charge in [-0.2, -0.15) is 0 Å². The third-order valence-electron chi connectivity index (χ3n) is 7.55. The van der Waals surface area contributed by atoms with Gasteiger partial charge >= 0.3 is 6.03 Å². The number of urea groups is 1. The van der Waals surface area contributed by atoms with Crippen molar-refractivity contribution >= 4 is 23.8 Å². The summed E-state index contributed by atoms with van der Waals surface area (Å²) in [6, 6.07) is -0.617. The van der Waals surface area contributed by atoms with Crippen molar-refractivity contribution in [3.63, 3.8) is 0 Å². The molecule has 8 heteroatoms. The van der Waals surface area contributed by atoms with Crippen molar-refractivity contribution in [2.24, 2.45) is 23.7 Å². The van der Waals surface area contributed by atoms with E-state index in [9.17, 15) is 19.2 Å². The average molecular weight is 419 g/mol. The van der Waals surface area contributed by atoms with Crippen molar-refractivity contribution in [3.05, 3.63) is 0 Å². The molecule has 2 saturated carbocycles. The van der Waals surface area contributed by atoms with E-state index in [1.807, 2.05) is 0 Å². The Morgan fingerprint density at radius 3 is 2.40 bits per heavy atom. The molecule has 4 unspecified atom stereocenters. The summed E-state index contributed by atoms with van der Waals surface area (Å²) in [6.07, 6.45) is 9.65. The number of nitrogens with zero attached hydrogens (tertiary/aromatic N) is 1. The molecule has 0 aromatic rings. The van der Waals surface area contributed by atoms with E-state index >= 15 is 0 Å². The van der Waals surface area contributed by atoms with Gasteiger partial charge in [-0.1, -0.05) is 19.3 Å². The lowest BCUT2D eigenvalue weighted by Gasteiger charge is -2.30. The summed E-state index contributed by atoms with van der Waals surface area (Å²) in [5, 5.41) is 8.36. The number of carbonyl (C=O) groups is 4. The number of nitrogens with one attached hydrogen (secondary N) is 3. The van der Waals surface area contributed by atoms with E-state index in [4.69, 9.17) is 0 Å². The second kappa shape index (κ2) is 9.35. The zero-order chi connectivity index (χ0) is 21.1. The fourth-order valence-electron chi connectivity index (χ4n) is 5.77. The molecule has 2 heterocycles. The van der Waals surface area contributed by atoms with Crippen LogP contribution >= 0.6 is 0 Å². The Balaban J connectivity index is 1.22. The smallest absolute Gasteiger partial charge is 0.314 e. The van der Waals surface area contributed by atoms with Crippen molar-refractivity contribution in [2.45, 2.75) is 70.3 Å². The summed E-state index contributed by atoms with van der Waals surface area (Å²) < 4.78 is 0. The Morgan fingerprint density at radius 2 is 1.67 bits per heavy atom. The Kier molecular flexibility index (Phi) is 6.58. The molecule has 5 amide bonds. The molecule has 4 atom stereocenters. The first-order valence-corrected chi connectivity index (χ1v) is 11.7. The number of amides is 5. The van der Waals surface area contributed by atoms with Crippen LogP contribution in [0, 0.1) is 23.7 Å². The molecule has 4 fully saturated rings. The molecule has 0 radical (unpaired) electrons. The van der Waals surface area contributed by atoms with Crippen molar-refractivity contribution in [1.29, 1.82) is 0 Å². The Bertz CT molecular complexity index is 691. The van der Waals surface area contributed by atoms with Gasteiger partial charge < -0.3 is 15.5 Å². The van der Waals surface area contributed by atoms with E-state index < -0.39 is 6.04 Å². The molecule has 0 aromatic heterocycles. The van der Waals surface area contributed by atoms with Crippen LogP contribution in [-0.2, 0) is 14.4 Å². The fraction of sp³-hybridized carbons (Fsp3) is 0.818. The normalized spacial score (nSPS) is 32.5. The second-order valence-electron chi connectivity index (χ2n) is 9.60. The van der Waals surface area contributed by atoms with Gasteiger partial charge in [0.05, 0.1) is 0 Å². The predicted octanol–water partition coefficient (Wildman–Crippen LogP) is 1.55. The van der Waals surface area contributed by atoms with Crippen molar-refractivity contribution in [3.8, 4) is 0 Å². The van der Waals surface area contributed by atoms with Gasteiger partial charge in [-0.3, -0.25) is 19.7 Å². The molecular weight excluding hydrogens is 384 g/mol. The van der Waals surface area contributed by atoms with Gasteiger partial charge in [-0.05, 0) is 56.3 Å². The van der Waals surface area contributed by atoms with Crippen LogP contribution < -0.4 is 16.0 Å². The maximum absolute atomic E-state index is 13.0. The third kappa shape index (κ3) is 4.78. The lowest BCUT2D eigenvalue weighted by atomic mass is 9.75. The number of likely N-dealkylation sites (tertiary alicyclic amines) is 1. The molecule has 3 N–H and O–H groups in total. The summed E-state index contributed by atoms with van der Waals surface area (Å²) in [6.45, 7) is 1.95. The summed E-state index contributed by atoms with van der Waals surface area (Å²) in [7, 11) is 0. The summed E-state index contributed by atoms with van der Waals surface area (Å²) in [4.78, 5) is 50.4. The fourth-order valence-corrected chi connectivity index (χ4v) is 5.77. The van der Waals surface area contributed by atoms with Crippen LogP contribution in [0.15, 0.2) is 0 Å². The van der Waals surface area contributed by atoms with Crippen molar-refractivity contribution < 1.29 is 19.2 Å². The van der Waals surface area contributed by atoms with Gasteiger partial charge in [0.2, 0.25) is 17.7 Å². The standard InChI is InChI=1S/C22H34N4O4/c27-19-9-8-18(20(28)25-19)26-13-16-7-6-15(10-17(16)21(26)29)12-24-22(30)23-11-14-4-2-1-3-5-14/h14-18H,1-13H2,(H2,23,24,30)(H,25,27,28). The maximum Gasteiger partial charge on any atom is 0.314 e. The average Bonchev–Trinajstić information content (AvgIpc) is 3.07. The number of rotatable bonds is 5. The van der Waals surface area contributed by atoms with E-state index in [2.05, 4.69) is 16.0 Å². The van der Waals surface area contributed by atoms with Gasteiger partial charge in [0, 0.05) is 32.0 Å². The lowest BCUT2D eigenvalue weighted by Crippen LogP contribution is -2.53. The summed E-state index contributed by atoms with van der Waals surface area (Å²) in [5.41, 5.74) is 0. The highest BCUT2D eigenvalue weighted by atomic mass is 16.2. The maximum atomic E-state index is 13.0. The minimum atomic E-state index is -0.511. The molecule has 0 bridgehead atoms. The van der Waals surface area contributed by atoms with Crippen LogP contribution in [0.3, 0.4) is 0 Å². The van der Waals surface area contributed by atoms with E-state index in [0.29, 0.717) is 25.4 Å². The highest BCUT2D eigenvalue weighted by molar-refractivity contribution is 6.02. The Morgan fingerprint density at radius 1 is 0.933 bits per heavy atom. The van der Waals surface area contributed by atoms with E-state index in [0.717, 1.165) is 25.8 Å². The molecule has 2 aliphatic carbocycles. The number of carbonyl (C=O) groups excluding carboxylic acids is 4. The first-order chi connectivity index (χ1) is 14.5. The minimum absolute atomic E-state index is 0.0425. The summed E-state index contributed by atoms with van der Waals surface area (Å²) >= 11 is 0. The van der Waals surface area contributed by atoms with Crippen LogP contribution in [0.2, 0.25) is 0 Å². The van der Waals surface area contributed by atoms with Crippen LogP contribution in [0.25, 0.3) is 0 Å². The predicted molar refractivity (Wildman–Crippen MR) is 110 cm³/mol. The Hall–Kier alpha value is -2.12. The highest BCUT2D eigenvalue weighted by Gasteiger charge is 2.48. The minimum Gasteiger partial charge on any atom is -0.338 e.